The van der Waals surface area contributed by atoms with Crippen molar-refractivity contribution in [1.82, 2.24) is 19.5 Å². The summed E-state index contributed by atoms with van der Waals surface area (Å²) in [7, 11) is 0. The Morgan fingerprint density at radius 3 is 1.80 bits per heavy atom. The lowest BCUT2D eigenvalue weighted by molar-refractivity contribution is 0.631. The molecule has 0 saturated heterocycles. The summed E-state index contributed by atoms with van der Waals surface area (Å²) in [5, 5.41) is 3.49. The maximum atomic E-state index is 6.21. The van der Waals surface area contributed by atoms with E-state index >= 15 is 0 Å². The fourth-order valence-corrected chi connectivity index (χ4v) is 8.63. The van der Waals surface area contributed by atoms with Gasteiger partial charge in [0.05, 0.1) is 16.7 Å². The number of nitrogens with zero attached hydrogens (tertiary/aromatic N) is 4. The number of hydrogen-bond donors (Lipinski definition) is 0. The van der Waals surface area contributed by atoms with E-state index < -0.39 is 0 Å². The summed E-state index contributed by atoms with van der Waals surface area (Å²) in [5.41, 5.74) is 12.8. The van der Waals surface area contributed by atoms with Crippen LogP contribution in [0.1, 0.15) is 25.0 Å². The van der Waals surface area contributed by atoms with E-state index in [2.05, 4.69) is 170 Å². The van der Waals surface area contributed by atoms with Crippen LogP contribution < -0.4 is 0 Å². The average Bonchev–Trinajstić information content (AvgIpc) is 3.90. The van der Waals surface area contributed by atoms with E-state index in [1.165, 1.54) is 33.0 Å². The van der Waals surface area contributed by atoms with Gasteiger partial charge in [0.25, 0.3) is 0 Å². The van der Waals surface area contributed by atoms with Crippen molar-refractivity contribution in [3.63, 3.8) is 0 Å². The van der Waals surface area contributed by atoms with Gasteiger partial charge in [-0.1, -0.05) is 147 Å². The molecule has 5 heteroatoms. The topological polar surface area (TPSA) is 56.7 Å². The minimum absolute atomic E-state index is 0.157. The molecule has 0 aliphatic heterocycles. The first-order valence-electron chi connectivity index (χ1n) is 18.7. The SMILES string of the molecule is CC1(C)c2ccccc2-c2c(-c3nc(-c4ccc(-c5cc6ccccc6o5)cc4)nc(-c4ccccc4-n4c5ccccc5c5ccccc54)n3)cccc21. The maximum absolute atomic E-state index is 6.21. The first-order valence-corrected chi connectivity index (χ1v) is 18.7. The molecule has 7 aromatic carbocycles. The van der Waals surface area contributed by atoms with Crippen LogP contribution in [0.5, 0.6) is 0 Å². The van der Waals surface area contributed by atoms with E-state index in [9.17, 15) is 0 Å². The molecule has 0 saturated carbocycles. The summed E-state index contributed by atoms with van der Waals surface area (Å²) >= 11 is 0. The molecule has 1 aliphatic rings. The van der Waals surface area contributed by atoms with E-state index in [4.69, 9.17) is 19.4 Å². The van der Waals surface area contributed by atoms with Crippen LogP contribution in [-0.4, -0.2) is 19.5 Å². The zero-order valence-corrected chi connectivity index (χ0v) is 30.4. The van der Waals surface area contributed by atoms with Crippen LogP contribution in [-0.2, 0) is 5.41 Å². The van der Waals surface area contributed by atoms with E-state index in [0.29, 0.717) is 17.5 Å². The number of aromatic nitrogens is 4. The van der Waals surface area contributed by atoms with Crippen LogP contribution in [0.25, 0.3) is 95.1 Å². The van der Waals surface area contributed by atoms with Gasteiger partial charge in [0, 0.05) is 43.8 Å². The highest BCUT2D eigenvalue weighted by Gasteiger charge is 2.37. The summed E-state index contributed by atoms with van der Waals surface area (Å²) in [5.74, 6) is 2.69. The van der Waals surface area contributed by atoms with Gasteiger partial charge < -0.3 is 8.98 Å². The van der Waals surface area contributed by atoms with Crippen molar-refractivity contribution in [2.75, 3.05) is 0 Å². The van der Waals surface area contributed by atoms with Gasteiger partial charge in [0.2, 0.25) is 0 Å². The molecule has 0 unspecified atom stereocenters. The highest BCUT2D eigenvalue weighted by atomic mass is 16.3. The van der Waals surface area contributed by atoms with Crippen molar-refractivity contribution in [2.45, 2.75) is 19.3 Å². The molecule has 5 nitrogen and oxygen atoms in total. The second-order valence-electron chi connectivity index (χ2n) is 14.8. The summed E-state index contributed by atoms with van der Waals surface area (Å²) < 4.78 is 8.55. The molecule has 0 fully saturated rings. The molecule has 0 amide bonds. The van der Waals surface area contributed by atoms with Crippen molar-refractivity contribution in [1.29, 1.82) is 0 Å². The van der Waals surface area contributed by atoms with Crippen LogP contribution in [0.15, 0.2) is 174 Å². The highest BCUT2D eigenvalue weighted by Crippen LogP contribution is 2.51. The monoisotopic (exact) mass is 706 g/mol. The number of para-hydroxylation sites is 4. The Labute approximate surface area is 318 Å². The van der Waals surface area contributed by atoms with Crippen LogP contribution in [0.2, 0.25) is 0 Å². The first kappa shape index (κ1) is 31.4. The van der Waals surface area contributed by atoms with E-state index in [0.717, 1.165) is 55.7 Å². The lowest BCUT2D eigenvalue weighted by Gasteiger charge is -2.21. The average molecular weight is 707 g/mol. The standard InChI is InChI=1S/C50H34N4O/c1-50(2)39-20-8-4-17-36(39)46-38(19-13-21-40(46)50)49-52-47(32-28-26-31(27-29-32)45-30-33-14-3-12-25-44(33)55-45)51-48(53-49)37-18-7-11-24-43(37)54-41-22-9-5-15-34(41)35-16-6-10-23-42(35)54/h3-30H,1-2H3. The van der Waals surface area contributed by atoms with Gasteiger partial charge in [-0.25, -0.2) is 15.0 Å². The van der Waals surface area contributed by atoms with Crippen LogP contribution in [0.3, 0.4) is 0 Å². The van der Waals surface area contributed by atoms with E-state index in [1.54, 1.807) is 0 Å². The Bertz CT molecular complexity index is 3040. The van der Waals surface area contributed by atoms with Gasteiger partial charge in [0.15, 0.2) is 17.5 Å². The molecule has 0 N–H and O–H groups in total. The molecule has 0 atom stereocenters. The zero-order valence-electron chi connectivity index (χ0n) is 30.4. The van der Waals surface area contributed by atoms with Crippen molar-refractivity contribution >= 4 is 32.8 Å². The molecule has 55 heavy (non-hydrogen) atoms. The highest BCUT2D eigenvalue weighted by molar-refractivity contribution is 6.09. The largest absolute Gasteiger partial charge is 0.456 e. The predicted octanol–water partition coefficient (Wildman–Crippen LogP) is 12.7. The lowest BCUT2D eigenvalue weighted by Crippen LogP contribution is -2.14. The van der Waals surface area contributed by atoms with Gasteiger partial charge in [-0.3, -0.25) is 0 Å². The molecule has 0 radical (unpaired) electrons. The third-order valence-electron chi connectivity index (χ3n) is 11.3. The van der Waals surface area contributed by atoms with Crippen molar-refractivity contribution in [2.24, 2.45) is 0 Å². The minimum atomic E-state index is -0.157. The summed E-state index contributed by atoms with van der Waals surface area (Å²) in [6.45, 7) is 4.61. The molecule has 11 rings (SSSR count). The molecular formula is C50H34N4O. The number of fused-ring (bicyclic) bond motifs is 7. The third-order valence-corrected chi connectivity index (χ3v) is 11.3. The van der Waals surface area contributed by atoms with Crippen molar-refractivity contribution in [3.05, 3.63) is 181 Å². The molecule has 0 bridgehead atoms. The van der Waals surface area contributed by atoms with Crippen molar-refractivity contribution in [3.8, 4) is 62.3 Å². The number of hydrogen-bond acceptors (Lipinski definition) is 4. The molecule has 3 heterocycles. The molecule has 1 aliphatic carbocycles. The quantitative estimate of drug-likeness (QED) is 0.179. The number of rotatable bonds is 5. The Morgan fingerprint density at radius 1 is 0.473 bits per heavy atom. The minimum Gasteiger partial charge on any atom is -0.456 e. The Kier molecular flexibility index (Phi) is 6.83. The third kappa shape index (κ3) is 4.83. The van der Waals surface area contributed by atoms with E-state index in [-0.39, 0.29) is 5.41 Å². The first-order chi connectivity index (χ1) is 27.0. The Balaban J connectivity index is 1.14. The van der Waals surface area contributed by atoms with Gasteiger partial charge >= 0.3 is 0 Å². The van der Waals surface area contributed by atoms with Crippen LogP contribution >= 0.6 is 0 Å². The maximum Gasteiger partial charge on any atom is 0.166 e. The van der Waals surface area contributed by atoms with Crippen LogP contribution in [0, 0.1) is 0 Å². The fraction of sp³-hybridized carbons (Fsp3) is 0.0600. The Morgan fingerprint density at radius 2 is 1.04 bits per heavy atom. The predicted molar refractivity (Wildman–Crippen MR) is 223 cm³/mol. The number of benzene rings is 7. The normalized spacial score (nSPS) is 13.1. The van der Waals surface area contributed by atoms with E-state index in [1.807, 2.05) is 18.2 Å². The zero-order chi connectivity index (χ0) is 36.7. The second-order valence-corrected chi connectivity index (χ2v) is 14.8. The molecule has 10 aromatic rings. The van der Waals surface area contributed by atoms with Crippen LogP contribution in [0.4, 0.5) is 0 Å². The molecular weight excluding hydrogens is 673 g/mol. The van der Waals surface area contributed by atoms with Crippen molar-refractivity contribution < 1.29 is 4.42 Å². The van der Waals surface area contributed by atoms with Gasteiger partial charge in [-0.15, -0.1) is 0 Å². The second kappa shape index (κ2) is 12.0. The summed E-state index contributed by atoms with van der Waals surface area (Å²) in [6, 6.07) is 59.4. The molecule has 3 aromatic heterocycles. The fourth-order valence-electron chi connectivity index (χ4n) is 8.63. The molecule has 0 spiro atoms. The van der Waals surface area contributed by atoms with Gasteiger partial charge in [-0.2, -0.15) is 0 Å². The van der Waals surface area contributed by atoms with Gasteiger partial charge in [-0.05, 0) is 58.7 Å². The number of furan rings is 1. The Hall–Kier alpha value is -7.11. The summed E-state index contributed by atoms with van der Waals surface area (Å²) in [6.07, 6.45) is 0. The van der Waals surface area contributed by atoms with Gasteiger partial charge in [0.1, 0.15) is 11.3 Å². The smallest absolute Gasteiger partial charge is 0.166 e. The summed E-state index contributed by atoms with van der Waals surface area (Å²) in [4.78, 5) is 15.9. The lowest BCUT2D eigenvalue weighted by atomic mass is 9.82. The molecule has 260 valence electrons.